The zero-order valence-corrected chi connectivity index (χ0v) is 13.3. The molecule has 1 aromatic heterocycles. The molecule has 5 heteroatoms. The number of hydrogen-bond acceptors (Lipinski definition) is 4. The van der Waals surface area contributed by atoms with E-state index in [4.69, 9.17) is 0 Å². The lowest BCUT2D eigenvalue weighted by Gasteiger charge is -2.30. The molecule has 0 spiro atoms. The molecule has 1 aliphatic heterocycles. The average molecular weight is 290 g/mol. The topological polar surface area (TPSA) is 58.1 Å². The quantitative estimate of drug-likeness (QED) is 0.905. The summed E-state index contributed by atoms with van der Waals surface area (Å²) in [6, 6.07) is 1.68. The fraction of sp³-hybridized carbons (Fsp3) is 0.688. The minimum Gasteiger partial charge on any atom is -0.351 e. The molecule has 1 amide bonds. The van der Waals surface area contributed by atoms with Crippen LogP contribution in [0.5, 0.6) is 0 Å². The van der Waals surface area contributed by atoms with Gasteiger partial charge < -0.3 is 10.2 Å². The van der Waals surface area contributed by atoms with E-state index in [9.17, 15) is 4.79 Å². The van der Waals surface area contributed by atoms with Crippen LogP contribution in [0.15, 0.2) is 12.3 Å². The van der Waals surface area contributed by atoms with Crippen LogP contribution < -0.4 is 10.2 Å². The van der Waals surface area contributed by atoms with Crippen LogP contribution >= 0.6 is 0 Å². The van der Waals surface area contributed by atoms with Gasteiger partial charge in [-0.05, 0) is 37.2 Å². The van der Waals surface area contributed by atoms with E-state index in [1.165, 1.54) is 0 Å². The number of rotatable bonds is 5. The van der Waals surface area contributed by atoms with Crippen molar-refractivity contribution in [2.24, 2.45) is 11.8 Å². The molecule has 0 atom stereocenters. The van der Waals surface area contributed by atoms with Crippen LogP contribution in [0.2, 0.25) is 0 Å². The third-order valence-corrected chi connectivity index (χ3v) is 3.95. The standard InChI is InChI=1S/C16H26N4O/c1-12(2)4-8-17-15(21)14-5-9-18-16(19-14)20-10-6-13(3)7-11-20/h5,9,12-13H,4,6-8,10-11H2,1-3H3,(H,17,21). The van der Waals surface area contributed by atoms with Gasteiger partial charge in [-0.1, -0.05) is 20.8 Å². The lowest BCUT2D eigenvalue weighted by molar-refractivity contribution is 0.0947. The summed E-state index contributed by atoms with van der Waals surface area (Å²) in [5.74, 6) is 1.92. The van der Waals surface area contributed by atoms with Crippen LogP contribution in [-0.2, 0) is 0 Å². The van der Waals surface area contributed by atoms with Crippen molar-refractivity contribution in [3.05, 3.63) is 18.0 Å². The number of anilines is 1. The Kier molecular flexibility index (Phi) is 5.53. The predicted molar refractivity (Wildman–Crippen MR) is 84.4 cm³/mol. The highest BCUT2D eigenvalue weighted by Gasteiger charge is 2.19. The number of aromatic nitrogens is 2. The number of piperidine rings is 1. The summed E-state index contributed by atoms with van der Waals surface area (Å²) in [6.45, 7) is 9.20. The molecule has 116 valence electrons. The van der Waals surface area contributed by atoms with Crippen molar-refractivity contribution in [1.29, 1.82) is 0 Å². The van der Waals surface area contributed by atoms with Crippen LogP contribution in [0.25, 0.3) is 0 Å². The second-order valence-corrected chi connectivity index (χ2v) is 6.35. The van der Waals surface area contributed by atoms with E-state index >= 15 is 0 Å². The van der Waals surface area contributed by atoms with Crippen molar-refractivity contribution in [2.75, 3.05) is 24.5 Å². The van der Waals surface area contributed by atoms with E-state index in [0.717, 1.165) is 38.3 Å². The summed E-state index contributed by atoms with van der Waals surface area (Å²) in [5.41, 5.74) is 0.461. The smallest absolute Gasteiger partial charge is 0.270 e. The molecule has 1 fully saturated rings. The third kappa shape index (κ3) is 4.69. The van der Waals surface area contributed by atoms with Crippen LogP contribution in [-0.4, -0.2) is 35.5 Å². The fourth-order valence-electron chi connectivity index (χ4n) is 2.40. The molecule has 0 aliphatic carbocycles. The van der Waals surface area contributed by atoms with Gasteiger partial charge in [0.15, 0.2) is 0 Å². The van der Waals surface area contributed by atoms with Crippen LogP contribution in [0, 0.1) is 11.8 Å². The molecule has 0 radical (unpaired) electrons. The van der Waals surface area contributed by atoms with Gasteiger partial charge in [0.25, 0.3) is 5.91 Å². The Bertz CT molecular complexity index is 467. The fourth-order valence-corrected chi connectivity index (χ4v) is 2.40. The van der Waals surface area contributed by atoms with E-state index in [2.05, 4.69) is 41.0 Å². The Balaban J connectivity index is 1.95. The largest absolute Gasteiger partial charge is 0.351 e. The van der Waals surface area contributed by atoms with Gasteiger partial charge in [0.2, 0.25) is 5.95 Å². The number of carbonyl (C=O) groups is 1. The Morgan fingerprint density at radius 3 is 2.81 bits per heavy atom. The molecular formula is C16H26N4O. The first kappa shape index (κ1) is 15.7. The molecule has 5 nitrogen and oxygen atoms in total. The van der Waals surface area contributed by atoms with E-state index in [1.807, 2.05) is 0 Å². The van der Waals surface area contributed by atoms with E-state index in [1.54, 1.807) is 12.3 Å². The molecule has 1 aromatic rings. The highest BCUT2D eigenvalue weighted by atomic mass is 16.1. The van der Waals surface area contributed by atoms with Gasteiger partial charge in [-0.25, -0.2) is 9.97 Å². The molecule has 0 aromatic carbocycles. The summed E-state index contributed by atoms with van der Waals surface area (Å²) in [6.07, 6.45) is 4.98. The highest BCUT2D eigenvalue weighted by molar-refractivity contribution is 5.92. The summed E-state index contributed by atoms with van der Waals surface area (Å²) in [5, 5.41) is 2.92. The van der Waals surface area contributed by atoms with Gasteiger partial charge in [0.05, 0.1) is 0 Å². The molecule has 2 rings (SSSR count). The number of amides is 1. The van der Waals surface area contributed by atoms with Gasteiger partial charge in [-0.3, -0.25) is 4.79 Å². The van der Waals surface area contributed by atoms with Gasteiger partial charge in [0, 0.05) is 25.8 Å². The van der Waals surface area contributed by atoms with Gasteiger partial charge >= 0.3 is 0 Å². The Labute approximate surface area is 127 Å². The predicted octanol–water partition coefficient (Wildman–Crippen LogP) is 2.49. The molecule has 1 N–H and O–H groups in total. The molecule has 0 saturated carbocycles. The number of nitrogens with one attached hydrogen (secondary N) is 1. The maximum absolute atomic E-state index is 12.1. The lowest BCUT2D eigenvalue weighted by atomic mass is 10.00. The normalized spacial score (nSPS) is 16.3. The van der Waals surface area contributed by atoms with Crippen LogP contribution in [0.4, 0.5) is 5.95 Å². The molecule has 1 saturated heterocycles. The van der Waals surface area contributed by atoms with Crippen LogP contribution in [0.3, 0.4) is 0 Å². The van der Waals surface area contributed by atoms with Crippen molar-refractivity contribution < 1.29 is 4.79 Å². The SMILES string of the molecule is CC(C)CCNC(=O)c1ccnc(N2CCC(C)CC2)n1. The minimum atomic E-state index is -0.107. The Hall–Kier alpha value is -1.65. The van der Waals surface area contributed by atoms with Crippen molar-refractivity contribution in [2.45, 2.75) is 40.0 Å². The van der Waals surface area contributed by atoms with Crippen molar-refractivity contribution in [1.82, 2.24) is 15.3 Å². The second kappa shape index (κ2) is 7.38. The van der Waals surface area contributed by atoms with Gasteiger partial charge in [0.1, 0.15) is 5.69 Å². The summed E-state index contributed by atoms with van der Waals surface area (Å²) >= 11 is 0. The second-order valence-electron chi connectivity index (χ2n) is 6.35. The first-order valence-corrected chi connectivity index (χ1v) is 7.92. The summed E-state index contributed by atoms with van der Waals surface area (Å²) < 4.78 is 0. The third-order valence-electron chi connectivity index (χ3n) is 3.95. The zero-order chi connectivity index (χ0) is 15.2. The summed E-state index contributed by atoms with van der Waals surface area (Å²) in [7, 11) is 0. The average Bonchev–Trinajstić information content (AvgIpc) is 2.47. The molecule has 0 unspecified atom stereocenters. The first-order chi connectivity index (χ1) is 10.1. The Morgan fingerprint density at radius 1 is 1.43 bits per heavy atom. The molecular weight excluding hydrogens is 264 g/mol. The number of nitrogens with zero attached hydrogens (tertiary/aromatic N) is 3. The monoisotopic (exact) mass is 290 g/mol. The van der Waals surface area contributed by atoms with Crippen molar-refractivity contribution in [3.8, 4) is 0 Å². The van der Waals surface area contributed by atoms with Crippen LogP contribution in [0.1, 0.15) is 50.5 Å². The van der Waals surface area contributed by atoms with Gasteiger partial charge in [-0.15, -0.1) is 0 Å². The minimum absolute atomic E-state index is 0.107. The number of hydrogen-bond donors (Lipinski definition) is 1. The van der Waals surface area contributed by atoms with Crippen molar-refractivity contribution >= 4 is 11.9 Å². The maximum atomic E-state index is 12.1. The van der Waals surface area contributed by atoms with E-state index in [-0.39, 0.29) is 5.91 Å². The molecule has 1 aliphatic rings. The molecule has 0 bridgehead atoms. The Morgan fingerprint density at radius 2 is 2.14 bits per heavy atom. The summed E-state index contributed by atoms with van der Waals surface area (Å²) in [4.78, 5) is 23.0. The van der Waals surface area contributed by atoms with Crippen molar-refractivity contribution in [3.63, 3.8) is 0 Å². The number of carbonyl (C=O) groups excluding carboxylic acids is 1. The zero-order valence-electron chi connectivity index (χ0n) is 13.3. The van der Waals surface area contributed by atoms with Gasteiger partial charge in [-0.2, -0.15) is 0 Å². The maximum Gasteiger partial charge on any atom is 0.270 e. The highest BCUT2D eigenvalue weighted by Crippen LogP contribution is 2.19. The molecule has 21 heavy (non-hydrogen) atoms. The van der Waals surface area contributed by atoms with E-state index in [0.29, 0.717) is 24.1 Å². The first-order valence-electron chi connectivity index (χ1n) is 7.92. The lowest BCUT2D eigenvalue weighted by Crippen LogP contribution is -2.34. The van der Waals surface area contributed by atoms with E-state index < -0.39 is 0 Å². The molecule has 2 heterocycles.